The maximum absolute atomic E-state index is 12.1. The first kappa shape index (κ1) is 21.0. The van der Waals surface area contributed by atoms with E-state index in [2.05, 4.69) is 22.5 Å². The van der Waals surface area contributed by atoms with Crippen LogP contribution < -0.4 is 10.6 Å². The Morgan fingerprint density at radius 1 is 1.09 bits per heavy atom. The molecule has 0 amide bonds. The molecule has 1 rings (SSSR count). The molecule has 0 aliphatic carbocycles. The number of benzene rings is 1. The summed E-state index contributed by atoms with van der Waals surface area (Å²) < 4.78 is 36.4. The molecule has 1 aromatic rings. The lowest BCUT2D eigenvalue weighted by atomic mass is 10.1. The van der Waals surface area contributed by atoms with Crippen LogP contribution in [0, 0.1) is 0 Å². The van der Waals surface area contributed by atoms with Crippen LogP contribution in [0.25, 0.3) is 0 Å². The van der Waals surface area contributed by atoms with Crippen LogP contribution in [-0.4, -0.2) is 25.2 Å². The lowest BCUT2D eigenvalue weighted by Crippen LogP contribution is -2.38. The third kappa shape index (κ3) is 8.45. The molecule has 0 heterocycles. The van der Waals surface area contributed by atoms with E-state index in [9.17, 15) is 13.2 Å². The van der Waals surface area contributed by atoms with E-state index in [0.29, 0.717) is 19.0 Å². The van der Waals surface area contributed by atoms with Crippen molar-refractivity contribution in [1.29, 1.82) is 0 Å². The number of hydrogen-bond acceptors (Lipinski definition) is 1. The van der Waals surface area contributed by atoms with Gasteiger partial charge in [0.25, 0.3) is 0 Å². The second-order valence-corrected chi connectivity index (χ2v) is 4.61. The molecule has 126 valence electrons. The van der Waals surface area contributed by atoms with E-state index in [4.69, 9.17) is 0 Å². The fourth-order valence-electron chi connectivity index (χ4n) is 1.89. The summed E-state index contributed by atoms with van der Waals surface area (Å²) in [5, 5.41) is 5.65. The minimum Gasteiger partial charge on any atom is -0.357 e. The summed E-state index contributed by atoms with van der Waals surface area (Å²) >= 11 is 0. The molecule has 0 aromatic heterocycles. The van der Waals surface area contributed by atoms with Gasteiger partial charge in [0, 0.05) is 13.1 Å². The number of nitrogens with zero attached hydrogens (tertiary/aromatic N) is 1. The second-order valence-electron chi connectivity index (χ2n) is 4.61. The highest BCUT2D eigenvalue weighted by molar-refractivity contribution is 14.0. The molecular weight excluding hydrogens is 406 g/mol. The summed E-state index contributed by atoms with van der Waals surface area (Å²) in [5.74, 6) is 0.410. The molecule has 0 spiro atoms. The van der Waals surface area contributed by atoms with Crippen molar-refractivity contribution in [3.8, 4) is 0 Å². The van der Waals surface area contributed by atoms with Gasteiger partial charge in [-0.1, -0.05) is 31.2 Å². The van der Waals surface area contributed by atoms with Gasteiger partial charge in [0.15, 0.2) is 5.96 Å². The molecule has 0 radical (unpaired) electrons. The van der Waals surface area contributed by atoms with Gasteiger partial charge >= 0.3 is 6.18 Å². The monoisotopic (exact) mass is 429 g/mol. The molecule has 0 aliphatic heterocycles. The van der Waals surface area contributed by atoms with Gasteiger partial charge in [-0.2, -0.15) is 13.2 Å². The first-order chi connectivity index (χ1) is 9.96. The van der Waals surface area contributed by atoms with E-state index < -0.39 is 12.6 Å². The molecule has 0 bridgehead atoms. The molecule has 0 aliphatic rings. The highest BCUT2D eigenvalue weighted by atomic mass is 127. The molecule has 0 unspecified atom stereocenters. The quantitative estimate of drug-likeness (QED) is 0.409. The van der Waals surface area contributed by atoms with E-state index in [-0.39, 0.29) is 30.5 Å². The van der Waals surface area contributed by atoms with Crippen molar-refractivity contribution >= 4 is 29.9 Å². The lowest BCUT2D eigenvalue weighted by molar-refractivity contribution is -0.132. The molecule has 0 saturated carbocycles. The third-order valence-corrected chi connectivity index (χ3v) is 2.95. The Balaban J connectivity index is 0.00000441. The normalized spacial score (nSPS) is 11.8. The Morgan fingerprint density at radius 2 is 1.73 bits per heavy atom. The molecule has 2 N–H and O–H groups in total. The van der Waals surface area contributed by atoms with Crippen LogP contribution in [0.2, 0.25) is 0 Å². The first-order valence-corrected chi connectivity index (χ1v) is 7.12. The Bertz CT molecular complexity index is 462. The van der Waals surface area contributed by atoms with E-state index in [1.165, 1.54) is 5.56 Å². The predicted octanol–water partition coefficient (Wildman–Crippen LogP) is 3.87. The Morgan fingerprint density at radius 3 is 2.27 bits per heavy atom. The number of halogens is 4. The van der Waals surface area contributed by atoms with Gasteiger partial charge in [0.2, 0.25) is 0 Å². The highest BCUT2D eigenvalue weighted by Gasteiger charge is 2.26. The van der Waals surface area contributed by atoms with Crippen molar-refractivity contribution < 1.29 is 13.2 Å². The molecular formula is C15H23F3IN3. The fraction of sp³-hybridized carbons (Fsp3) is 0.533. The Labute approximate surface area is 146 Å². The zero-order valence-corrected chi connectivity index (χ0v) is 15.2. The van der Waals surface area contributed by atoms with E-state index in [1.54, 1.807) is 0 Å². The van der Waals surface area contributed by atoms with E-state index in [0.717, 1.165) is 12.0 Å². The summed E-state index contributed by atoms with van der Waals surface area (Å²) in [5.41, 5.74) is 2.29. The van der Waals surface area contributed by atoms with Gasteiger partial charge in [0.1, 0.15) is 0 Å². The van der Waals surface area contributed by atoms with Gasteiger partial charge in [0.05, 0.1) is 13.0 Å². The average molecular weight is 429 g/mol. The minimum absolute atomic E-state index is 0. The summed E-state index contributed by atoms with van der Waals surface area (Å²) in [6, 6.07) is 7.93. The molecule has 7 heteroatoms. The fourth-order valence-corrected chi connectivity index (χ4v) is 1.89. The largest absolute Gasteiger partial charge is 0.390 e. The molecule has 0 atom stereocenters. The van der Waals surface area contributed by atoms with Crippen molar-refractivity contribution in [3.63, 3.8) is 0 Å². The van der Waals surface area contributed by atoms with Crippen molar-refractivity contribution in [2.24, 2.45) is 4.99 Å². The van der Waals surface area contributed by atoms with Crippen LogP contribution in [0.15, 0.2) is 29.3 Å². The van der Waals surface area contributed by atoms with Crippen LogP contribution >= 0.6 is 24.0 Å². The van der Waals surface area contributed by atoms with Crippen LogP contribution in [0.3, 0.4) is 0 Å². The van der Waals surface area contributed by atoms with Crippen LogP contribution in [0.4, 0.5) is 13.2 Å². The molecule has 0 fully saturated rings. The summed E-state index contributed by atoms with van der Waals surface area (Å²) in [4.78, 5) is 4.34. The summed E-state index contributed by atoms with van der Waals surface area (Å²) in [7, 11) is 0. The third-order valence-electron chi connectivity index (χ3n) is 2.95. The van der Waals surface area contributed by atoms with E-state index in [1.807, 2.05) is 31.2 Å². The van der Waals surface area contributed by atoms with Crippen LogP contribution in [-0.2, 0) is 13.0 Å². The number of hydrogen-bond donors (Lipinski definition) is 2. The first-order valence-electron chi connectivity index (χ1n) is 7.12. The SMILES string of the molecule is CCNC(=NCc1ccccc1CC)NCCC(F)(F)F.I. The van der Waals surface area contributed by atoms with Gasteiger partial charge in [-0.25, -0.2) is 4.99 Å². The highest BCUT2D eigenvalue weighted by Crippen LogP contribution is 2.18. The van der Waals surface area contributed by atoms with Gasteiger partial charge in [-0.3, -0.25) is 0 Å². The number of rotatable bonds is 6. The van der Waals surface area contributed by atoms with Crippen LogP contribution in [0.1, 0.15) is 31.4 Å². The van der Waals surface area contributed by atoms with Gasteiger partial charge in [-0.15, -0.1) is 24.0 Å². The Kier molecular flexibility index (Phi) is 10.2. The standard InChI is InChI=1S/C15H22F3N3.HI/c1-3-12-7-5-6-8-13(12)11-21-14(19-4-2)20-10-9-15(16,17)18;/h5-8H,3-4,9-11H2,1-2H3,(H2,19,20,21);1H. The second kappa shape index (κ2) is 10.7. The molecule has 0 saturated heterocycles. The molecule has 1 aromatic carbocycles. The number of alkyl halides is 3. The topological polar surface area (TPSA) is 36.4 Å². The maximum atomic E-state index is 12.1. The summed E-state index contributed by atoms with van der Waals surface area (Å²) in [6.45, 7) is 4.82. The predicted molar refractivity (Wildman–Crippen MR) is 94.7 cm³/mol. The Hall–Kier alpha value is -0.990. The van der Waals surface area contributed by atoms with Crippen molar-refractivity contribution in [2.75, 3.05) is 13.1 Å². The number of aliphatic imine (C=N–C) groups is 1. The number of aryl methyl sites for hydroxylation is 1. The number of nitrogens with one attached hydrogen (secondary N) is 2. The molecule has 3 nitrogen and oxygen atoms in total. The van der Waals surface area contributed by atoms with Crippen molar-refractivity contribution in [2.45, 2.75) is 39.4 Å². The average Bonchev–Trinajstić information content (AvgIpc) is 2.43. The molecule has 22 heavy (non-hydrogen) atoms. The van der Waals surface area contributed by atoms with Crippen LogP contribution in [0.5, 0.6) is 0 Å². The minimum atomic E-state index is -4.15. The smallest absolute Gasteiger partial charge is 0.357 e. The van der Waals surface area contributed by atoms with Gasteiger partial charge < -0.3 is 10.6 Å². The van der Waals surface area contributed by atoms with E-state index >= 15 is 0 Å². The lowest BCUT2D eigenvalue weighted by Gasteiger charge is -2.13. The zero-order chi connectivity index (χ0) is 15.7. The summed E-state index contributed by atoms with van der Waals surface area (Å²) in [6.07, 6.45) is -4.12. The van der Waals surface area contributed by atoms with Crippen molar-refractivity contribution in [1.82, 2.24) is 10.6 Å². The van der Waals surface area contributed by atoms with Gasteiger partial charge in [-0.05, 0) is 24.5 Å². The van der Waals surface area contributed by atoms with Crippen molar-refractivity contribution in [3.05, 3.63) is 35.4 Å². The zero-order valence-electron chi connectivity index (χ0n) is 12.8. The maximum Gasteiger partial charge on any atom is 0.390 e. The number of guanidine groups is 1.